The van der Waals surface area contributed by atoms with Gasteiger partial charge in [-0.15, -0.1) is 0 Å². The predicted molar refractivity (Wildman–Crippen MR) is 98.9 cm³/mol. The third kappa shape index (κ3) is 3.80. The molecule has 2 aromatic carbocycles. The largest absolute Gasteiger partial charge is 0.387 e. The van der Waals surface area contributed by atoms with Gasteiger partial charge in [0.25, 0.3) is 11.8 Å². The molecule has 1 heterocycles. The lowest BCUT2D eigenvalue weighted by atomic mass is 10.1. The van der Waals surface area contributed by atoms with Gasteiger partial charge in [-0.2, -0.15) is 0 Å². The van der Waals surface area contributed by atoms with Crippen LogP contribution in [0.3, 0.4) is 0 Å². The molecule has 2 N–H and O–H groups in total. The summed E-state index contributed by atoms with van der Waals surface area (Å²) in [5.41, 5.74) is 1.13. The number of nitrogens with one attached hydrogen (secondary N) is 1. The number of amides is 3. The van der Waals surface area contributed by atoms with Gasteiger partial charge in [0.15, 0.2) is 0 Å². The van der Waals surface area contributed by atoms with Crippen LogP contribution in [0.4, 0.5) is 0 Å². The molecule has 3 amide bonds. The molecule has 2 aromatic rings. The van der Waals surface area contributed by atoms with Gasteiger partial charge in [-0.1, -0.05) is 39.7 Å². The van der Waals surface area contributed by atoms with Crippen LogP contribution in [0.5, 0.6) is 0 Å². The molecule has 134 valence electrons. The van der Waals surface area contributed by atoms with Gasteiger partial charge in [-0.25, -0.2) is 0 Å². The first-order valence-electron chi connectivity index (χ1n) is 7.73. The summed E-state index contributed by atoms with van der Waals surface area (Å²) in [4.78, 5) is 37.6. The molecule has 1 aliphatic heterocycles. The summed E-state index contributed by atoms with van der Waals surface area (Å²) in [7, 11) is 0. The Hall–Kier alpha value is -2.22. The molecule has 6 nitrogen and oxygen atoms in total. The number of aliphatic hydroxyl groups is 1. The Balaban J connectivity index is 1.59. The minimum absolute atomic E-state index is 0.0464. The van der Waals surface area contributed by atoms with E-state index in [0.717, 1.165) is 4.90 Å². The van der Waals surface area contributed by atoms with E-state index < -0.39 is 30.4 Å². The average Bonchev–Trinajstić information content (AvgIpc) is 2.84. The van der Waals surface area contributed by atoms with Crippen molar-refractivity contribution in [2.45, 2.75) is 6.10 Å². The van der Waals surface area contributed by atoms with Crippen LogP contribution in [0, 0.1) is 0 Å². The van der Waals surface area contributed by atoms with Gasteiger partial charge >= 0.3 is 0 Å². The maximum Gasteiger partial charge on any atom is 0.262 e. The van der Waals surface area contributed by atoms with E-state index in [4.69, 9.17) is 11.6 Å². The van der Waals surface area contributed by atoms with E-state index in [-0.39, 0.29) is 17.7 Å². The molecule has 0 aromatic heterocycles. The summed E-state index contributed by atoms with van der Waals surface area (Å²) in [5, 5.41) is 13.2. The van der Waals surface area contributed by atoms with Crippen molar-refractivity contribution < 1.29 is 19.5 Å². The molecule has 0 fully saturated rings. The highest BCUT2D eigenvalue weighted by Gasteiger charge is 2.36. The molecule has 26 heavy (non-hydrogen) atoms. The van der Waals surface area contributed by atoms with E-state index in [1.54, 1.807) is 42.5 Å². The average molecular weight is 438 g/mol. The second kappa shape index (κ2) is 7.57. The van der Waals surface area contributed by atoms with E-state index in [9.17, 15) is 19.5 Å². The van der Waals surface area contributed by atoms with Crippen molar-refractivity contribution >= 4 is 45.3 Å². The number of benzene rings is 2. The highest BCUT2D eigenvalue weighted by molar-refractivity contribution is 9.10. The highest BCUT2D eigenvalue weighted by atomic mass is 79.9. The van der Waals surface area contributed by atoms with Crippen molar-refractivity contribution in [1.29, 1.82) is 0 Å². The lowest BCUT2D eigenvalue weighted by molar-refractivity contribution is -0.121. The van der Waals surface area contributed by atoms with Crippen LogP contribution in [0.1, 0.15) is 32.4 Å². The third-order valence-electron chi connectivity index (χ3n) is 3.98. The fourth-order valence-corrected chi connectivity index (χ4v) is 3.11. The van der Waals surface area contributed by atoms with Crippen molar-refractivity contribution in [3.05, 3.63) is 68.7 Å². The number of imide groups is 1. The van der Waals surface area contributed by atoms with Gasteiger partial charge in [0.05, 0.1) is 17.2 Å². The number of aliphatic hydroxyl groups excluding tert-OH is 1. The van der Waals surface area contributed by atoms with E-state index >= 15 is 0 Å². The first-order valence-corrected chi connectivity index (χ1v) is 8.90. The molecule has 0 saturated heterocycles. The van der Waals surface area contributed by atoms with Gasteiger partial charge in [-0.3, -0.25) is 19.3 Å². The van der Waals surface area contributed by atoms with Crippen molar-refractivity contribution in [2.75, 3.05) is 13.1 Å². The summed E-state index contributed by atoms with van der Waals surface area (Å²) in [5.74, 6) is -1.56. The van der Waals surface area contributed by atoms with Crippen LogP contribution in [-0.2, 0) is 4.79 Å². The molecular formula is C18H14BrClN2O4. The van der Waals surface area contributed by atoms with Crippen LogP contribution in [0.2, 0.25) is 5.02 Å². The molecule has 0 aliphatic carbocycles. The zero-order valence-electron chi connectivity index (χ0n) is 13.4. The molecule has 0 spiro atoms. The van der Waals surface area contributed by atoms with E-state index in [1.165, 1.54) is 0 Å². The summed E-state index contributed by atoms with van der Waals surface area (Å²) in [6.45, 7) is -0.452. The summed E-state index contributed by atoms with van der Waals surface area (Å²) >= 11 is 9.04. The number of nitrogens with zero attached hydrogens (tertiary/aromatic N) is 1. The van der Waals surface area contributed by atoms with Crippen LogP contribution in [0.15, 0.2) is 46.9 Å². The Morgan fingerprint density at radius 3 is 2.46 bits per heavy atom. The van der Waals surface area contributed by atoms with Gasteiger partial charge in [0.1, 0.15) is 6.54 Å². The van der Waals surface area contributed by atoms with E-state index in [2.05, 4.69) is 21.2 Å². The molecule has 1 atom stereocenters. The molecule has 1 aliphatic rings. The van der Waals surface area contributed by atoms with Crippen molar-refractivity contribution in [3.63, 3.8) is 0 Å². The van der Waals surface area contributed by atoms with Crippen molar-refractivity contribution in [3.8, 4) is 0 Å². The minimum atomic E-state index is -0.922. The lowest BCUT2D eigenvalue weighted by Gasteiger charge is -2.16. The van der Waals surface area contributed by atoms with Crippen molar-refractivity contribution in [1.82, 2.24) is 10.2 Å². The predicted octanol–water partition coefficient (Wildman–Crippen LogP) is 2.55. The van der Waals surface area contributed by atoms with Crippen LogP contribution in [0.25, 0.3) is 0 Å². The second-order valence-corrected chi connectivity index (χ2v) is 7.11. The molecule has 3 rings (SSSR count). The minimum Gasteiger partial charge on any atom is -0.387 e. The summed E-state index contributed by atoms with van der Waals surface area (Å²) < 4.78 is 0.676. The van der Waals surface area contributed by atoms with Gasteiger partial charge < -0.3 is 10.4 Å². The number of hydrogen-bond acceptors (Lipinski definition) is 4. The Morgan fingerprint density at radius 2 is 1.77 bits per heavy atom. The number of fused-ring (bicyclic) bond motifs is 1. The maximum absolute atomic E-state index is 12.3. The molecular weight excluding hydrogens is 424 g/mol. The van der Waals surface area contributed by atoms with E-state index in [0.29, 0.717) is 15.1 Å². The number of halogens is 2. The summed E-state index contributed by atoms with van der Waals surface area (Å²) in [6.07, 6.45) is -0.922. The summed E-state index contributed by atoms with van der Waals surface area (Å²) in [6, 6.07) is 11.3. The Kier molecular flexibility index (Phi) is 5.41. The molecule has 0 unspecified atom stereocenters. The quantitative estimate of drug-likeness (QED) is 0.704. The fraction of sp³-hybridized carbons (Fsp3) is 0.167. The number of hydrogen-bond donors (Lipinski definition) is 2. The topological polar surface area (TPSA) is 86.7 Å². The van der Waals surface area contributed by atoms with Crippen LogP contribution >= 0.6 is 27.5 Å². The Bertz CT molecular complexity index is 885. The molecule has 8 heteroatoms. The fourth-order valence-electron chi connectivity index (χ4n) is 2.62. The maximum atomic E-state index is 12.3. The van der Waals surface area contributed by atoms with Gasteiger partial charge in [-0.05, 0) is 35.9 Å². The highest BCUT2D eigenvalue weighted by Crippen LogP contribution is 2.25. The monoisotopic (exact) mass is 436 g/mol. The molecule has 0 bridgehead atoms. The first-order chi connectivity index (χ1) is 12.4. The lowest BCUT2D eigenvalue weighted by Crippen LogP contribution is -2.41. The first kappa shape index (κ1) is 18.6. The smallest absolute Gasteiger partial charge is 0.262 e. The van der Waals surface area contributed by atoms with E-state index in [1.807, 2.05) is 0 Å². The number of rotatable bonds is 5. The SMILES string of the molecule is O=C(CN1C(=O)c2ccc(Br)cc2C1=O)NC[C@@H](O)c1ccc(Cl)cc1. The zero-order chi connectivity index (χ0) is 18.8. The number of carbonyl (C=O) groups is 3. The normalized spacial score (nSPS) is 14.3. The van der Waals surface area contributed by atoms with Gasteiger partial charge in [0.2, 0.25) is 5.91 Å². The third-order valence-corrected chi connectivity index (χ3v) is 4.73. The van der Waals surface area contributed by atoms with Crippen LogP contribution < -0.4 is 5.32 Å². The Labute approximate surface area is 162 Å². The molecule has 0 saturated carbocycles. The second-order valence-electron chi connectivity index (χ2n) is 5.76. The zero-order valence-corrected chi connectivity index (χ0v) is 15.8. The van der Waals surface area contributed by atoms with Gasteiger partial charge in [0, 0.05) is 16.0 Å². The Morgan fingerprint density at radius 1 is 1.12 bits per heavy atom. The van der Waals surface area contributed by atoms with Crippen molar-refractivity contribution in [2.24, 2.45) is 0 Å². The standard InChI is InChI=1S/C18H14BrClN2O4/c19-11-3-6-13-14(7-11)18(26)22(17(13)25)9-16(24)21-8-15(23)10-1-4-12(20)5-2-10/h1-7,15,23H,8-9H2,(H,21,24)/t15-/m1/s1. The molecule has 0 radical (unpaired) electrons. The number of carbonyl (C=O) groups excluding carboxylic acids is 3. The van der Waals surface area contributed by atoms with Crippen LogP contribution in [-0.4, -0.2) is 40.8 Å².